The lowest BCUT2D eigenvalue weighted by molar-refractivity contribution is -0.152. The van der Waals surface area contributed by atoms with Gasteiger partial charge in [-0.3, -0.25) is 14.7 Å². The number of aromatic amines is 1. The lowest BCUT2D eigenvalue weighted by Gasteiger charge is -2.27. The number of aromatic nitrogens is 2. The number of amides is 1. The molecule has 1 heterocycles. The van der Waals surface area contributed by atoms with Crippen LogP contribution in [0.15, 0.2) is 12.3 Å². The van der Waals surface area contributed by atoms with E-state index in [1.807, 2.05) is 0 Å². The van der Waals surface area contributed by atoms with E-state index in [0.717, 1.165) is 31.4 Å². The summed E-state index contributed by atoms with van der Waals surface area (Å²) in [6.45, 7) is 0.356. The average Bonchev–Trinajstić information content (AvgIpc) is 2.82. The minimum Gasteiger partial charge on any atom is -0.481 e. The first-order chi connectivity index (χ1) is 9.62. The minimum atomic E-state index is -0.880. The van der Waals surface area contributed by atoms with Crippen LogP contribution in [0.3, 0.4) is 0 Å². The highest BCUT2D eigenvalue weighted by molar-refractivity contribution is 5.84. The maximum atomic E-state index is 12.0. The summed E-state index contributed by atoms with van der Waals surface area (Å²) in [6.07, 6.45) is 6.78. The molecular formula is C14H21N3O3. The third-order valence-corrected chi connectivity index (χ3v) is 4.05. The van der Waals surface area contributed by atoms with Gasteiger partial charge in [0.1, 0.15) is 0 Å². The predicted molar refractivity (Wildman–Crippen MR) is 72.8 cm³/mol. The van der Waals surface area contributed by atoms with Gasteiger partial charge < -0.3 is 10.4 Å². The Kier molecular flexibility index (Phi) is 4.76. The Hall–Kier alpha value is -1.85. The van der Waals surface area contributed by atoms with Gasteiger partial charge in [-0.25, -0.2) is 0 Å². The van der Waals surface area contributed by atoms with Crippen LogP contribution >= 0.6 is 0 Å². The molecule has 0 radical (unpaired) electrons. The average molecular weight is 279 g/mol. The molecule has 0 aliphatic heterocycles. The van der Waals surface area contributed by atoms with Crippen molar-refractivity contribution < 1.29 is 14.7 Å². The molecular weight excluding hydrogens is 258 g/mol. The molecule has 0 spiro atoms. The third kappa shape index (κ3) is 3.59. The Morgan fingerprint density at radius 1 is 1.30 bits per heavy atom. The molecule has 6 nitrogen and oxygen atoms in total. The smallest absolute Gasteiger partial charge is 0.310 e. The summed E-state index contributed by atoms with van der Waals surface area (Å²) >= 11 is 0. The van der Waals surface area contributed by atoms with Crippen molar-refractivity contribution in [3.63, 3.8) is 0 Å². The zero-order valence-corrected chi connectivity index (χ0v) is 11.5. The van der Waals surface area contributed by atoms with Crippen LogP contribution in [0.2, 0.25) is 0 Å². The van der Waals surface area contributed by atoms with Crippen molar-refractivity contribution in [3.8, 4) is 0 Å². The molecule has 2 rings (SSSR count). The van der Waals surface area contributed by atoms with Crippen molar-refractivity contribution in [1.82, 2.24) is 15.5 Å². The quantitative estimate of drug-likeness (QED) is 0.717. The Morgan fingerprint density at radius 2 is 2.00 bits per heavy atom. The van der Waals surface area contributed by atoms with Crippen molar-refractivity contribution in [2.45, 2.75) is 51.5 Å². The van der Waals surface area contributed by atoms with Crippen LogP contribution in [0, 0.1) is 5.41 Å². The van der Waals surface area contributed by atoms with Crippen LogP contribution in [0.5, 0.6) is 0 Å². The number of hydrogen-bond acceptors (Lipinski definition) is 3. The van der Waals surface area contributed by atoms with Gasteiger partial charge in [0.05, 0.1) is 17.7 Å². The molecule has 1 aromatic rings. The van der Waals surface area contributed by atoms with E-state index in [9.17, 15) is 14.7 Å². The van der Waals surface area contributed by atoms with E-state index < -0.39 is 11.4 Å². The molecule has 0 bridgehead atoms. The second kappa shape index (κ2) is 6.54. The van der Waals surface area contributed by atoms with E-state index in [0.29, 0.717) is 19.4 Å². The lowest BCUT2D eigenvalue weighted by atomic mass is 9.77. The summed E-state index contributed by atoms with van der Waals surface area (Å²) < 4.78 is 0. The first-order valence-corrected chi connectivity index (χ1v) is 7.11. The number of nitrogens with one attached hydrogen (secondary N) is 2. The monoisotopic (exact) mass is 279 g/mol. The molecule has 1 saturated carbocycles. The fraction of sp³-hybridized carbons (Fsp3) is 0.643. The standard InChI is InChI=1S/C14H21N3O3/c18-12(15-10-11-5-8-16-17-11)9-14(13(19)20)6-3-1-2-4-7-14/h5,8H,1-4,6-7,9-10H2,(H,15,18)(H,16,17)(H,19,20). The first-order valence-electron chi connectivity index (χ1n) is 7.11. The SMILES string of the molecule is O=C(CC1(C(=O)O)CCCCCC1)NCc1ccn[nH]1. The van der Waals surface area contributed by atoms with Gasteiger partial charge in [-0.1, -0.05) is 25.7 Å². The zero-order valence-electron chi connectivity index (χ0n) is 11.5. The summed E-state index contributed by atoms with van der Waals surface area (Å²) in [5.74, 6) is -1.04. The van der Waals surface area contributed by atoms with Crippen LogP contribution in [0.25, 0.3) is 0 Å². The predicted octanol–water partition coefficient (Wildman–Crippen LogP) is 1.84. The highest BCUT2D eigenvalue weighted by Gasteiger charge is 2.40. The van der Waals surface area contributed by atoms with Crippen LogP contribution < -0.4 is 5.32 Å². The van der Waals surface area contributed by atoms with Gasteiger partial charge in [0, 0.05) is 12.6 Å². The van der Waals surface area contributed by atoms with Gasteiger partial charge in [0.25, 0.3) is 0 Å². The maximum Gasteiger partial charge on any atom is 0.310 e. The van der Waals surface area contributed by atoms with E-state index in [4.69, 9.17) is 0 Å². The Bertz CT molecular complexity index is 448. The van der Waals surface area contributed by atoms with Crippen molar-refractivity contribution in [3.05, 3.63) is 18.0 Å². The number of carbonyl (C=O) groups is 2. The molecule has 0 unspecified atom stereocenters. The molecule has 1 aliphatic carbocycles. The number of hydrogen-bond donors (Lipinski definition) is 3. The molecule has 1 aromatic heterocycles. The largest absolute Gasteiger partial charge is 0.481 e. The van der Waals surface area contributed by atoms with E-state index >= 15 is 0 Å². The van der Waals surface area contributed by atoms with Crippen molar-refractivity contribution in [2.24, 2.45) is 5.41 Å². The molecule has 3 N–H and O–H groups in total. The van der Waals surface area contributed by atoms with E-state index in [1.165, 1.54) is 0 Å². The van der Waals surface area contributed by atoms with E-state index in [1.54, 1.807) is 12.3 Å². The normalized spacial score (nSPS) is 18.2. The second-order valence-corrected chi connectivity index (χ2v) is 5.54. The van der Waals surface area contributed by atoms with Gasteiger partial charge in [-0.05, 0) is 18.9 Å². The molecule has 0 saturated heterocycles. The molecule has 1 aliphatic rings. The highest BCUT2D eigenvalue weighted by Crippen LogP contribution is 2.38. The van der Waals surface area contributed by atoms with Crippen molar-refractivity contribution >= 4 is 11.9 Å². The summed E-state index contributed by atoms with van der Waals surface area (Å²) in [5.41, 5.74) is -0.0715. The van der Waals surface area contributed by atoms with E-state index in [-0.39, 0.29) is 12.3 Å². The van der Waals surface area contributed by atoms with Crippen LogP contribution in [0.1, 0.15) is 50.6 Å². The van der Waals surface area contributed by atoms with Crippen LogP contribution in [-0.4, -0.2) is 27.2 Å². The Balaban J connectivity index is 1.93. The fourth-order valence-corrected chi connectivity index (χ4v) is 2.82. The van der Waals surface area contributed by atoms with Gasteiger partial charge in [-0.15, -0.1) is 0 Å². The molecule has 110 valence electrons. The third-order valence-electron chi connectivity index (χ3n) is 4.05. The van der Waals surface area contributed by atoms with E-state index in [2.05, 4.69) is 15.5 Å². The highest BCUT2D eigenvalue weighted by atomic mass is 16.4. The number of carboxylic acids is 1. The summed E-state index contributed by atoms with van der Waals surface area (Å²) in [6, 6.07) is 1.78. The van der Waals surface area contributed by atoms with Gasteiger partial charge in [0.2, 0.25) is 5.91 Å². The number of carboxylic acid groups (broad SMARTS) is 1. The Labute approximate surface area is 118 Å². The first kappa shape index (κ1) is 14.6. The fourth-order valence-electron chi connectivity index (χ4n) is 2.82. The lowest BCUT2D eigenvalue weighted by Crippen LogP contribution is -2.37. The number of H-pyrrole nitrogens is 1. The summed E-state index contributed by atoms with van der Waals surface area (Å²) in [4.78, 5) is 23.6. The molecule has 0 aromatic carbocycles. The number of rotatable bonds is 5. The zero-order chi connectivity index (χ0) is 14.4. The molecule has 1 fully saturated rings. The number of nitrogens with zero attached hydrogens (tertiary/aromatic N) is 1. The van der Waals surface area contributed by atoms with Crippen LogP contribution in [0.4, 0.5) is 0 Å². The van der Waals surface area contributed by atoms with Crippen LogP contribution in [-0.2, 0) is 16.1 Å². The minimum absolute atomic E-state index is 0.0659. The number of carbonyl (C=O) groups excluding carboxylic acids is 1. The van der Waals surface area contributed by atoms with Gasteiger partial charge in [0.15, 0.2) is 0 Å². The van der Waals surface area contributed by atoms with Crippen molar-refractivity contribution in [2.75, 3.05) is 0 Å². The van der Waals surface area contributed by atoms with Gasteiger partial charge in [-0.2, -0.15) is 5.10 Å². The van der Waals surface area contributed by atoms with Gasteiger partial charge >= 0.3 is 5.97 Å². The summed E-state index contributed by atoms with van der Waals surface area (Å²) in [5, 5.41) is 18.8. The number of aliphatic carboxylic acids is 1. The Morgan fingerprint density at radius 3 is 2.55 bits per heavy atom. The topological polar surface area (TPSA) is 95.1 Å². The van der Waals surface area contributed by atoms with Crippen molar-refractivity contribution in [1.29, 1.82) is 0 Å². The molecule has 1 amide bonds. The molecule has 20 heavy (non-hydrogen) atoms. The summed E-state index contributed by atoms with van der Waals surface area (Å²) in [7, 11) is 0. The molecule has 0 atom stereocenters. The maximum absolute atomic E-state index is 12.0. The molecule has 6 heteroatoms. The second-order valence-electron chi connectivity index (χ2n) is 5.54.